The molecule has 0 saturated carbocycles. The zero-order valence-corrected chi connectivity index (χ0v) is 9.69. The number of fused-ring (bicyclic) bond motifs is 4. The van der Waals surface area contributed by atoms with E-state index >= 15 is 0 Å². The topological polar surface area (TPSA) is 27.3 Å². The SMILES string of the molecule is CNCN1CC2(C)CC[C@](C)(CN2)C1. The Morgan fingerprint density at radius 1 is 1.29 bits per heavy atom. The summed E-state index contributed by atoms with van der Waals surface area (Å²) in [7, 11) is 2.03. The van der Waals surface area contributed by atoms with E-state index in [9.17, 15) is 0 Å². The summed E-state index contributed by atoms with van der Waals surface area (Å²) in [5, 5.41) is 6.98. The van der Waals surface area contributed by atoms with E-state index in [1.54, 1.807) is 0 Å². The lowest BCUT2D eigenvalue weighted by atomic mass is 9.78. The molecule has 3 rings (SSSR count). The molecular formula is C11H23N3. The molecule has 2 N–H and O–H groups in total. The van der Waals surface area contributed by atoms with Crippen LogP contribution in [0.5, 0.6) is 0 Å². The number of nitrogens with zero attached hydrogens (tertiary/aromatic N) is 1. The van der Waals surface area contributed by atoms with Crippen molar-refractivity contribution in [1.82, 2.24) is 15.5 Å². The van der Waals surface area contributed by atoms with Gasteiger partial charge in [0.05, 0.1) is 0 Å². The van der Waals surface area contributed by atoms with Gasteiger partial charge in [0.25, 0.3) is 0 Å². The first-order valence-corrected chi connectivity index (χ1v) is 5.67. The molecule has 0 aromatic carbocycles. The molecule has 3 nitrogen and oxygen atoms in total. The van der Waals surface area contributed by atoms with E-state index in [0.717, 1.165) is 6.67 Å². The number of piperidine rings is 1. The van der Waals surface area contributed by atoms with Gasteiger partial charge < -0.3 is 10.6 Å². The standard InChI is InChI=1S/C11H23N3/c1-10-4-5-11(2,13-6-10)8-14(7-10)9-12-3/h12-13H,4-9H2,1-3H3/t10-,11?/m1/s1. The summed E-state index contributed by atoms with van der Waals surface area (Å²) >= 11 is 0. The summed E-state index contributed by atoms with van der Waals surface area (Å²) in [6.45, 7) is 9.39. The van der Waals surface area contributed by atoms with Crippen molar-refractivity contribution < 1.29 is 0 Å². The van der Waals surface area contributed by atoms with Crippen LogP contribution >= 0.6 is 0 Å². The second-order valence-electron chi connectivity index (χ2n) is 5.72. The average molecular weight is 197 g/mol. The van der Waals surface area contributed by atoms with Gasteiger partial charge in [0.1, 0.15) is 0 Å². The molecule has 3 heteroatoms. The molecule has 0 amide bonds. The second-order valence-corrected chi connectivity index (χ2v) is 5.72. The largest absolute Gasteiger partial charge is 0.310 e. The van der Waals surface area contributed by atoms with Crippen LogP contribution in [0.2, 0.25) is 0 Å². The molecule has 0 radical (unpaired) electrons. The smallest absolute Gasteiger partial charge is 0.0479 e. The van der Waals surface area contributed by atoms with Crippen LogP contribution in [0, 0.1) is 5.41 Å². The molecule has 3 aliphatic rings. The Bertz CT molecular complexity index is 187. The lowest BCUT2D eigenvalue weighted by Gasteiger charge is -2.39. The van der Waals surface area contributed by atoms with Crippen LogP contribution < -0.4 is 10.6 Å². The molecule has 2 bridgehead atoms. The Balaban J connectivity index is 2.11. The van der Waals surface area contributed by atoms with E-state index in [1.807, 2.05) is 7.05 Å². The van der Waals surface area contributed by atoms with Crippen molar-refractivity contribution in [2.24, 2.45) is 5.41 Å². The first kappa shape index (κ1) is 10.4. The summed E-state index contributed by atoms with van der Waals surface area (Å²) in [4.78, 5) is 2.55. The van der Waals surface area contributed by atoms with Gasteiger partial charge in [0.2, 0.25) is 0 Å². The first-order valence-electron chi connectivity index (χ1n) is 5.67. The Hall–Kier alpha value is -0.120. The third kappa shape index (κ3) is 1.95. The van der Waals surface area contributed by atoms with Gasteiger partial charge in [-0.2, -0.15) is 0 Å². The van der Waals surface area contributed by atoms with Crippen LogP contribution in [0.25, 0.3) is 0 Å². The van der Waals surface area contributed by atoms with Crippen LogP contribution in [-0.4, -0.2) is 43.8 Å². The summed E-state index contributed by atoms with van der Waals surface area (Å²) in [6.07, 6.45) is 2.69. The maximum atomic E-state index is 3.72. The van der Waals surface area contributed by atoms with Crippen LogP contribution in [0.15, 0.2) is 0 Å². The predicted octanol–water partition coefficient (Wildman–Crippen LogP) is 0.627. The normalized spacial score (nSPS) is 43.9. The molecule has 82 valence electrons. The van der Waals surface area contributed by atoms with Gasteiger partial charge in [-0.3, -0.25) is 4.90 Å². The molecule has 1 unspecified atom stereocenters. The summed E-state index contributed by atoms with van der Waals surface area (Å²) < 4.78 is 0. The van der Waals surface area contributed by atoms with Crippen molar-refractivity contribution in [3.63, 3.8) is 0 Å². The fraction of sp³-hybridized carbons (Fsp3) is 1.00. The van der Waals surface area contributed by atoms with Gasteiger partial charge in [-0.05, 0) is 32.2 Å². The molecule has 0 spiro atoms. The third-order valence-corrected chi connectivity index (χ3v) is 3.78. The minimum absolute atomic E-state index is 0.354. The number of rotatable bonds is 2. The molecule has 3 aliphatic heterocycles. The number of hydrogen-bond donors (Lipinski definition) is 2. The van der Waals surface area contributed by atoms with Gasteiger partial charge in [-0.25, -0.2) is 0 Å². The molecule has 0 aliphatic carbocycles. The fourth-order valence-electron chi connectivity index (χ4n) is 2.88. The minimum atomic E-state index is 0.354. The monoisotopic (exact) mass is 197 g/mol. The molecular weight excluding hydrogens is 174 g/mol. The lowest BCUT2D eigenvalue weighted by molar-refractivity contribution is 0.179. The highest BCUT2D eigenvalue weighted by molar-refractivity contribution is 5.01. The van der Waals surface area contributed by atoms with E-state index < -0.39 is 0 Å². The lowest BCUT2D eigenvalue weighted by Crippen LogP contribution is -2.52. The fourth-order valence-corrected chi connectivity index (χ4v) is 2.88. The Morgan fingerprint density at radius 3 is 2.64 bits per heavy atom. The highest BCUT2D eigenvalue weighted by Gasteiger charge is 2.42. The highest BCUT2D eigenvalue weighted by Crippen LogP contribution is 2.36. The quantitative estimate of drug-likeness (QED) is 0.680. The van der Waals surface area contributed by atoms with Crippen molar-refractivity contribution in [3.8, 4) is 0 Å². The van der Waals surface area contributed by atoms with E-state index in [2.05, 4.69) is 29.4 Å². The van der Waals surface area contributed by atoms with Gasteiger partial charge in [-0.1, -0.05) is 6.92 Å². The average Bonchev–Trinajstić information content (AvgIpc) is 2.30. The van der Waals surface area contributed by atoms with Gasteiger partial charge in [-0.15, -0.1) is 0 Å². The minimum Gasteiger partial charge on any atom is -0.310 e. The van der Waals surface area contributed by atoms with Crippen LogP contribution in [0.1, 0.15) is 26.7 Å². The van der Waals surface area contributed by atoms with Crippen molar-refractivity contribution in [2.45, 2.75) is 32.2 Å². The Kier molecular flexibility index (Phi) is 2.58. The van der Waals surface area contributed by atoms with E-state index in [0.29, 0.717) is 11.0 Å². The van der Waals surface area contributed by atoms with Crippen LogP contribution in [0.3, 0.4) is 0 Å². The Labute approximate surface area is 87.2 Å². The molecule has 14 heavy (non-hydrogen) atoms. The molecule has 0 aromatic heterocycles. The molecule has 3 heterocycles. The zero-order chi connectivity index (χ0) is 10.2. The van der Waals surface area contributed by atoms with E-state index in [4.69, 9.17) is 0 Å². The molecule has 0 aromatic rings. The van der Waals surface area contributed by atoms with Crippen molar-refractivity contribution >= 4 is 0 Å². The summed E-state index contributed by atoms with van der Waals surface area (Å²) in [5.74, 6) is 0. The number of nitrogens with one attached hydrogen (secondary N) is 2. The summed E-state index contributed by atoms with van der Waals surface area (Å²) in [6, 6.07) is 0. The number of hydrogen-bond acceptors (Lipinski definition) is 3. The van der Waals surface area contributed by atoms with Crippen molar-refractivity contribution in [2.75, 3.05) is 33.4 Å². The van der Waals surface area contributed by atoms with Gasteiger partial charge in [0, 0.05) is 31.8 Å². The molecule has 3 saturated heterocycles. The maximum Gasteiger partial charge on any atom is 0.0479 e. The first-order chi connectivity index (χ1) is 6.55. The van der Waals surface area contributed by atoms with Gasteiger partial charge >= 0.3 is 0 Å². The van der Waals surface area contributed by atoms with E-state index in [1.165, 1.54) is 32.5 Å². The molecule has 3 fully saturated rings. The van der Waals surface area contributed by atoms with Crippen molar-refractivity contribution in [3.05, 3.63) is 0 Å². The third-order valence-electron chi connectivity index (χ3n) is 3.78. The predicted molar refractivity (Wildman–Crippen MR) is 59.2 cm³/mol. The van der Waals surface area contributed by atoms with Crippen LogP contribution in [-0.2, 0) is 0 Å². The van der Waals surface area contributed by atoms with Crippen LogP contribution in [0.4, 0.5) is 0 Å². The molecule has 2 atom stereocenters. The van der Waals surface area contributed by atoms with E-state index in [-0.39, 0.29) is 0 Å². The summed E-state index contributed by atoms with van der Waals surface area (Å²) in [5.41, 5.74) is 0.847. The maximum absolute atomic E-state index is 3.72. The second kappa shape index (κ2) is 3.47. The van der Waals surface area contributed by atoms with Crippen molar-refractivity contribution in [1.29, 1.82) is 0 Å². The zero-order valence-electron chi connectivity index (χ0n) is 9.69. The van der Waals surface area contributed by atoms with Gasteiger partial charge in [0.15, 0.2) is 0 Å². The Morgan fingerprint density at radius 2 is 2.07 bits per heavy atom. The highest BCUT2D eigenvalue weighted by atomic mass is 15.3.